The lowest BCUT2D eigenvalue weighted by molar-refractivity contribution is -0.0935. The lowest BCUT2D eigenvalue weighted by Gasteiger charge is -2.33. The third-order valence-corrected chi connectivity index (χ3v) is 8.08. The summed E-state index contributed by atoms with van der Waals surface area (Å²) in [6.07, 6.45) is 5.27. The lowest BCUT2D eigenvalue weighted by atomic mass is 9.83. The van der Waals surface area contributed by atoms with Crippen LogP contribution in [0.2, 0.25) is 0 Å². The SMILES string of the molecule is c1ccc(-c2oc(C3CCCCC3)c3c2O[C@H](c2ccccc2)ON(c2ccccc2)[C@@H]3c2ccccc2)cc1. The molecule has 40 heavy (non-hydrogen) atoms. The van der Waals surface area contributed by atoms with Gasteiger partial charge >= 0.3 is 0 Å². The van der Waals surface area contributed by atoms with E-state index in [2.05, 4.69) is 91.0 Å². The van der Waals surface area contributed by atoms with E-state index < -0.39 is 6.29 Å². The highest BCUT2D eigenvalue weighted by molar-refractivity contribution is 5.71. The van der Waals surface area contributed by atoms with Gasteiger partial charge in [0.2, 0.25) is 6.29 Å². The van der Waals surface area contributed by atoms with Crippen molar-refractivity contribution in [3.8, 4) is 17.1 Å². The number of hydrogen-bond donors (Lipinski definition) is 0. The molecule has 200 valence electrons. The third kappa shape index (κ3) is 4.69. The van der Waals surface area contributed by atoms with Crippen molar-refractivity contribution in [3.05, 3.63) is 144 Å². The van der Waals surface area contributed by atoms with E-state index in [1.54, 1.807) is 0 Å². The molecule has 1 fully saturated rings. The molecule has 2 heterocycles. The molecule has 4 nitrogen and oxygen atoms in total. The van der Waals surface area contributed by atoms with Gasteiger partial charge in [-0.15, -0.1) is 0 Å². The van der Waals surface area contributed by atoms with Crippen molar-refractivity contribution in [1.29, 1.82) is 0 Å². The summed E-state index contributed by atoms with van der Waals surface area (Å²) in [5.41, 5.74) is 5.11. The van der Waals surface area contributed by atoms with Gasteiger partial charge in [0.1, 0.15) is 11.8 Å². The van der Waals surface area contributed by atoms with Crippen molar-refractivity contribution < 1.29 is 14.0 Å². The Labute approximate surface area is 235 Å². The Morgan fingerprint density at radius 1 is 0.600 bits per heavy atom. The summed E-state index contributed by atoms with van der Waals surface area (Å²) in [4.78, 5) is 6.89. The highest BCUT2D eigenvalue weighted by Crippen LogP contribution is 2.53. The molecule has 2 atom stereocenters. The van der Waals surface area contributed by atoms with Gasteiger partial charge in [0.25, 0.3) is 0 Å². The maximum absolute atomic E-state index is 6.96. The first-order valence-electron chi connectivity index (χ1n) is 14.4. The van der Waals surface area contributed by atoms with Crippen LogP contribution >= 0.6 is 0 Å². The zero-order valence-corrected chi connectivity index (χ0v) is 22.5. The molecule has 0 radical (unpaired) electrons. The highest BCUT2D eigenvalue weighted by atomic mass is 16.8. The summed E-state index contributed by atoms with van der Waals surface area (Å²) in [6.45, 7) is 0. The van der Waals surface area contributed by atoms with Gasteiger partial charge in [0, 0.05) is 17.0 Å². The second kappa shape index (κ2) is 11.1. The number of rotatable bonds is 5. The molecule has 4 aromatic carbocycles. The summed E-state index contributed by atoms with van der Waals surface area (Å²) in [7, 11) is 0. The van der Waals surface area contributed by atoms with Crippen LogP contribution in [0.4, 0.5) is 5.69 Å². The third-order valence-electron chi connectivity index (χ3n) is 8.08. The minimum absolute atomic E-state index is 0.259. The molecule has 1 saturated carbocycles. The smallest absolute Gasteiger partial charge is 0.250 e. The van der Waals surface area contributed by atoms with Gasteiger partial charge in [-0.1, -0.05) is 128 Å². The Hall–Kier alpha value is -4.28. The number of nitrogens with zero attached hydrogens (tertiary/aromatic N) is 1. The van der Waals surface area contributed by atoms with Gasteiger partial charge < -0.3 is 9.15 Å². The van der Waals surface area contributed by atoms with Gasteiger partial charge in [0.15, 0.2) is 11.5 Å². The van der Waals surface area contributed by atoms with E-state index in [9.17, 15) is 0 Å². The molecule has 1 aliphatic heterocycles. The molecule has 1 aromatic heterocycles. The molecule has 5 aromatic rings. The van der Waals surface area contributed by atoms with Crippen LogP contribution in [0, 0.1) is 0 Å². The first kappa shape index (κ1) is 24.7. The van der Waals surface area contributed by atoms with E-state index in [4.69, 9.17) is 14.0 Å². The number of anilines is 1. The van der Waals surface area contributed by atoms with Gasteiger partial charge in [0.05, 0.1) is 11.3 Å². The van der Waals surface area contributed by atoms with Crippen molar-refractivity contribution in [2.45, 2.75) is 50.4 Å². The molecule has 4 heteroatoms. The number of para-hydroxylation sites is 1. The first-order chi connectivity index (χ1) is 19.9. The molecule has 0 saturated heterocycles. The second-order valence-corrected chi connectivity index (χ2v) is 10.7. The van der Waals surface area contributed by atoms with Crippen LogP contribution in [0.15, 0.2) is 126 Å². The number of fused-ring (bicyclic) bond motifs is 1. The summed E-state index contributed by atoms with van der Waals surface area (Å²) in [5, 5.41) is 2.04. The molecule has 0 unspecified atom stereocenters. The standard InChI is InChI=1S/C36H33NO3/c1-6-16-26(17-7-1)32-31-33(27-18-8-2-9-19-27)38-34(28-20-10-3-11-21-28)35(31)39-36(29-22-12-4-13-23-29)40-37(32)30-24-14-5-15-25-30/h1,3-7,10-17,20-25,27,32,36H,2,8-9,18-19H2/t32-,36+/m1/s1. The first-order valence-corrected chi connectivity index (χ1v) is 14.4. The number of hydrogen-bond acceptors (Lipinski definition) is 4. The van der Waals surface area contributed by atoms with Crippen LogP contribution in [0.3, 0.4) is 0 Å². The fraction of sp³-hybridized carbons (Fsp3) is 0.222. The van der Waals surface area contributed by atoms with E-state index in [0.717, 1.165) is 58.1 Å². The Bertz CT molecular complexity index is 1530. The highest BCUT2D eigenvalue weighted by Gasteiger charge is 2.42. The maximum Gasteiger partial charge on any atom is 0.250 e. The van der Waals surface area contributed by atoms with Crippen molar-refractivity contribution in [3.63, 3.8) is 0 Å². The molecule has 0 bridgehead atoms. The zero-order valence-electron chi connectivity index (χ0n) is 22.5. The van der Waals surface area contributed by atoms with Crippen LogP contribution in [0.25, 0.3) is 11.3 Å². The van der Waals surface area contributed by atoms with Gasteiger partial charge in [-0.25, -0.2) is 9.90 Å². The Balaban J connectivity index is 1.51. The van der Waals surface area contributed by atoms with Crippen LogP contribution < -0.4 is 9.80 Å². The van der Waals surface area contributed by atoms with Crippen LogP contribution in [0.1, 0.15) is 72.8 Å². The van der Waals surface area contributed by atoms with Crippen molar-refractivity contribution in [2.75, 3.05) is 5.06 Å². The topological polar surface area (TPSA) is 34.8 Å². The monoisotopic (exact) mass is 527 g/mol. The summed E-state index contributed by atoms with van der Waals surface area (Å²) < 4.78 is 13.9. The minimum atomic E-state index is -0.659. The molecule has 0 amide bonds. The fourth-order valence-electron chi connectivity index (χ4n) is 6.14. The van der Waals surface area contributed by atoms with E-state index >= 15 is 0 Å². The van der Waals surface area contributed by atoms with E-state index in [0.29, 0.717) is 5.92 Å². The molecule has 2 aliphatic rings. The van der Waals surface area contributed by atoms with Crippen LogP contribution in [-0.4, -0.2) is 0 Å². The van der Waals surface area contributed by atoms with Gasteiger partial charge in [-0.05, 0) is 30.5 Å². The minimum Gasteiger partial charge on any atom is -0.456 e. The molecule has 0 spiro atoms. The van der Waals surface area contributed by atoms with Gasteiger partial charge in [-0.2, -0.15) is 0 Å². The predicted octanol–water partition coefficient (Wildman–Crippen LogP) is 9.61. The largest absolute Gasteiger partial charge is 0.456 e. The quantitative estimate of drug-likeness (QED) is 0.228. The molecule has 0 N–H and O–H groups in total. The number of ether oxygens (including phenoxy) is 1. The average Bonchev–Trinajstić information content (AvgIpc) is 3.31. The molecule has 1 aliphatic carbocycles. The van der Waals surface area contributed by atoms with Gasteiger partial charge in [-0.3, -0.25) is 0 Å². The average molecular weight is 528 g/mol. The molecule has 7 rings (SSSR count). The Kier molecular flexibility index (Phi) is 6.85. The lowest BCUT2D eigenvalue weighted by Crippen LogP contribution is -2.31. The summed E-state index contributed by atoms with van der Waals surface area (Å²) in [6, 6.07) is 41.2. The number of hydroxylamine groups is 1. The van der Waals surface area contributed by atoms with Crippen LogP contribution in [-0.2, 0) is 4.84 Å². The number of benzene rings is 4. The fourth-order valence-corrected chi connectivity index (χ4v) is 6.14. The normalized spacial score (nSPS) is 19.4. The van der Waals surface area contributed by atoms with E-state index in [1.807, 2.05) is 35.4 Å². The van der Waals surface area contributed by atoms with Crippen molar-refractivity contribution in [1.82, 2.24) is 0 Å². The van der Waals surface area contributed by atoms with Crippen molar-refractivity contribution >= 4 is 5.69 Å². The molecular weight excluding hydrogens is 494 g/mol. The molecular formula is C36H33NO3. The maximum atomic E-state index is 6.96. The number of furan rings is 1. The summed E-state index contributed by atoms with van der Waals surface area (Å²) in [5.74, 6) is 2.91. The van der Waals surface area contributed by atoms with E-state index in [-0.39, 0.29) is 6.04 Å². The van der Waals surface area contributed by atoms with E-state index in [1.165, 1.54) is 19.3 Å². The Morgan fingerprint density at radius 3 is 1.82 bits per heavy atom. The predicted molar refractivity (Wildman–Crippen MR) is 158 cm³/mol. The second-order valence-electron chi connectivity index (χ2n) is 10.7. The Morgan fingerprint density at radius 2 is 1.18 bits per heavy atom. The van der Waals surface area contributed by atoms with Crippen molar-refractivity contribution in [2.24, 2.45) is 0 Å². The van der Waals surface area contributed by atoms with Crippen LogP contribution in [0.5, 0.6) is 5.75 Å². The zero-order chi connectivity index (χ0) is 26.7. The summed E-state index contributed by atoms with van der Waals surface area (Å²) >= 11 is 0.